The number of carboxylic acid groups (broad SMARTS) is 1. The highest BCUT2D eigenvalue weighted by atomic mass is 32.2. The second-order valence-electron chi connectivity index (χ2n) is 7.36. The summed E-state index contributed by atoms with van der Waals surface area (Å²) in [6.07, 6.45) is 0. The van der Waals surface area contributed by atoms with E-state index in [0.29, 0.717) is 18.1 Å². The van der Waals surface area contributed by atoms with E-state index in [0.717, 1.165) is 33.8 Å². The molecule has 0 saturated carbocycles. The second-order valence-corrected chi connectivity index (χ2v) is 8.35. The molecule has 0 aliphatic carbocycles. The van der Waals surface area contributed by atoms with Crippen molar-refractivity contribution >= 4 is 17.7 Å². The summed E-state index contributed by atoms with van der Waals surface area (Å²) in [5, 5.41) is 8.79. The fourth-order valence-electron chi connectivity index (χ4n) is 3.35. The van der Waals surface area contributed by atoms with Crippen LogP contribution in [0.25, 0.3) is 11.1 Å². The fraction of sp³-hybridized carbons (Fsp3) is 0.292. The van der Waals surface area contributed by atoms with Gasteiger partial charge < -0.3 is 14.3 Å². The maximum absolute atomic E-state index is 13.4. The third-order valence-corrected chi connectivity index (χ3v) is 5.64. The maximum Gasteiger partial charge on any atom is 0.313 e. The molecule has 3 rings (SSSR count). The minimum absolute atomic E-state index is 0.0676. The van der Waals surface area contributed by atoms with Crippen LogP contribution < -0.4 is 4.74 Å². The van der Waals surface area contributed by atoms with E-state index in [9.17, 15) is 9.18 Å². The zero-order valence-electron chi connectivity index (χ0n) is 17.3. The van der Waals surface area contributed by atoms with Gasteiger partial charge in [0.2, 0.25) is 0 Å². The Labute approximate surface area is 180 Å². The Morgan fingerprint density at radius 2 is 1.93 bits per heavy atom. The number of ether oxygens (including phenoxy) is 1. The highest BCUT2D eigenvalue weighted by molar-refractivity contribution is 7.99. The molecule has 158 valence electrons. The molecule has 1 heterocycles. The summed E-state index contributed by atoms with van der Waals surface area (Å²) in [5.41, 5.74) is 3.79. The van der Waals surface area contributed by atoms with Crippen molar-refractivity contribution in [1.82, 2.24) is 0 Å². The molecule has 6 heteroatoms. The van der Waals surface area contributed by atoms with Crippen LogP contribution in [-0.2, 0) is 17.2 Å². The number of hydrogen-bond acceptors (Lipinski definition) is 4. The van der Waals surface area contributed by atoms with Gasteiger partial charge in [0.05, 0.1) is 5.75 Å². The van der Waals surface area contributed by atoms with Gasteiger partial charge in [-0.2, -0.15) is 0 Å². The summed E-state index contributed by atoms with van der Waals surface area (Å²) in [4.78, 5) is 10.7. The van der Waals surface area contributed by atoms with Crippen LogP contribution in [0.3, 0.4) is 0 Å². The molecule has 0 radical (unpaired) electrons. The van der Waals surface area contributed by atoms with Crippen molar-refractivity contribution < 1.29 is 23.4 Å². The van der Waals surface area contributed by atoms with E-state index in [1.54, 1.807) is 12.1 Å². The number of hydrogen-bond donors (Lipinski definition) is 1. The largest absolute Gasteiger partial charge is 0.489 e. The topological polar surface area (TPSA) is 59.7 Å². The number of aryl methyl sites for hydroxylation is 1. The van der Waals surface area contributed by atoms with Crippen molar-refractivity contribution in [1.29, 1.82) is 0 Å². The highest BCUT2D eigenvalue weighted by Crippen LogP contribution is 2.36. The molecule has 4 nitrogen and oxygen atoms in total. The predicted octanol–water partition coefficient (Wildman–Crippen LogP) is 6.41. The molecule has 0 unspecified atom stereocenters. The molecule has 1 N–H and O–H groups in total. The first-order chi connectivity index (χ1) is 14.3. The number of rotatable bonds is 9. The number of thioether (sulfide) groups is 1. The van der Waals surface area contributed by atoms with Crippen molar-refractivity contribution in [3.8, 4) is 16.9 Å². The Kier molecular flexibility index (Phi) is 7.21. The highest BCUT2D eigenvalue weighted by Gasteiger charge is 2.22. The lowest BCUT2D eigenvalue weighted by Gasteiger charge is -2.12. The van der Waals surface area contributed by atoms with Crippen molar-refractivity contribution in [3.63, 3.8) is 0 Å². The quantitative estimate of drug-likeness (QED) is 0.426. The minimum atomic E-state index is -0.822. The summed E-state index contributed by atoms with van der Waals surface area (Å²) in [6, 6.07) is 14.0. The average Bonchev–Trinajstić information content (AvgIpc) is 3.04. The Morgan fingerprint density at radius 3 is 2.60 bits per heavy atom. The van der Waals surface area contributed by atoms with E-state index >= 15 is 0 Å². The number of carboxylic acids is 1. The lowest BCUT2D eigenvalue weighted by atomic mass is 9.97. The summed E-state index contributed by atoms with van der Waals surface area (Å²) < 4.78 is 25.5. The van der Waals surface area contributed by atoms with E-state index in [2.05, 4.69) is 13.8 Å². The fourth-order valence-corrected chi connectivity index (χ4v) is 4.05. The summed E-state index contributed by atoms with van der Waals surface area (Å²) >= 11 is 1.35. The molecule has 30 heavy (non-hydrogen) atoms. The average molecular weight is 429 g/mol. The first-order valence-electron chi connectivity index (χ1n) is 9.74. The molecule has 0 fully saturated rings. The lowest BCUT2D eigenvalue weighted by Crippen LogP contribution is -2.01. The van der Waals surface area contributed by atoms with Crippen molar-refractivity contribution in [2.75, 3.05) is 5.75 Å². The third-order valence-electron chi connectivity index (χ3n) is 4.65. The van der Waals surface area contributed by atoms with E-state index in [1.807, 2.05) is 31.2 Å². The van der Waals surface area contributed by atoms with Crippen LogP contribution in [-0.4, -0.2) is 16.8 Å². The second kappa shape index (κ2) is 9.85. The van der Waals surface area contributed by atoms with Gasteiger partial charge in [0, 0.05) is 22.8 Å². The molecule has 3 aromatic rings. The molecule has 2 aromatic carbocycles. The van der Waals surface area contributed by atoms with Crippen molar-refractivity contribution in [2.24, 2.45) is 0 Å². The Hall–Kier alpha value is -2.73. The molecule has 0 amide bonds. The summed E-state index contributed by atoms with van der Waals surface area (Å²) in [5.74, 6) is 2.10. The van der Waals surface area contributed by atoms with Gasteiger partial charge in [-0.05, 0) is 42.3 Å². The zero-order valence-corrected chi connectivity index (χ0v) is 18.1. The van der Waals surface area contributed by atoms with Gasteiger partial charge in [-0.3, -0.25) is 4.79 Å². The molecule has 0 bridgehead atoms. The van der Waals surface area contributed by atoms with E-state index in [4.69, 9.17) is 14.3 Å². The normalized spacial score (nSPS) is 11.1. The minimum Gasteiger partial charge on any atom is -0.489 e. The first kappa shape index (κ1) is 22.0. The van der Waals surface area contributed by atoms with Gasteiger partial charge in [-0.1, -0.05) is 38.1 Å². The number of aliphatic carboxylic acids is 1. The van der Waals surface area contributed by atoms with Crippen LogP contribution >= 0.6 is 11.8 Å². The Bertz CT molecular complexity index is 1010. The van der Waals surface area contributed by atoms with Crippen LogP contribution in [0.15, 0.2) is 52.9 Å². The molecule has 1 aromatic heterocycles. The monoisotopic (exact) mass is 428 g/mol. The van der Waals surface area contributed by atoms with Crippen molar-refractivity contribution in [2.45, 2.75) is 39.0 Å². The van der Waals surface area contributed by atoms with Crippen LogP contribution in [0.5, 0.6) is 5.75 Å². The number of carbonyl (C=O) groups is 1. The molecule has 0 spiro atoms. The van der Waals surface area contributed by atoms with Crippen LogP contribution in [0.4, 0.5) is 4.39 Å². The molecule has 0 aliphatic heterocycles. The summed E-state index contributed by atoms with van der Waals surface area (Å²) in [6.45, 7) is 6.37. The van der Waals surface area contributed by atoms with Crippen LogP contribution in [0, 0.1) is 12.7 Å². The molecule has 0 aliphatic rings. The molecular formula is C24H25FO4S. The van der Waals surface area contributed by atoms with E-state index in [1.165, 1.54) is 23.9 Å². The first-order valence-corrected chi connectivity index (χ1v) is 10.9. The van der Waals surface area contributed by atoms with Crippen molar-refractivity contribution in [3.05, 3.63) is 77.0 Å². The zero-order chi connectivity index (χ0) is 21.7. The van der Waals surface area contributed by atoms with Gasteiger partial charge in [0.25, 0.3) is 0 Å². The van der Waals surface area contributed by atoms with Crippen LogP contribution in [0.2, 0.25) is 0 Å². The van der Waals surface area contributed by atoms with Gasteiger partial charge in [0.1, 0.15) is 29.7 Å². The maximum atomic E-state index is 13.4. The molecule has 0 saturated heterocycles. The van der Waals surface area contributed by atoms with E-state index in [-0.39, 0.29) is 17.5 Å². The number of halogens is 1. The standard InChI is InChI=1S/C24H25FO4S/c1-15(2)24-21(23(16(3)29-24)18-7-9-19(25)10-8-18)12-28-20-6-4-5-17(11-20)13-30-14-22(26)27/h4-11,15H,12-14H2,1-3H3,(H,26,27). The van der Waals surface area contributed by atoms with Gasteiger partial charge >= 0.3 is 5.97 Å². The van der Waals surface area contributed by atoms with Gasteiger partial charge in [-0.25, -0.2) is 4.39 Å². The number of furan rings is 1. The Morgan fingerprint density at radius 1 is 1.20 bits per heavy atom. The van der Waals surface area contributed by atoms with E-state index < -0.39 is 5.97 Å². The lowest BCUT2D eigenvalue weighted by molar-refractivity contribution is -0.133. The number of benzene rings is 2. The third kappa shape index (κ3) is 5.45. The predicted molar refractivity (Wildman–Crippen MR) is 117 cm³/mol. The van der Waals surface area contributed by atoms with Crippen LogP contribution in [0.1, 0.15) is 42.4 Å². The summed E-state index contributed by atoms with van der Waals surface area (Å²) in [7, 11) is 0. The smallest absolute Gasteiger partial charge is 0.313 e. The van der Waals surface area contributed by atoms with Gasteiger partial charge in [-0.15, -0.1) is 11.8 Å². The molecular weight excluding hydrogens is 403 g/mol. The molecule has 0 atom stereocenters. The Balaban J connectivity index is 1.82. The SMILES string of the molecule is Cc1oc(C(C)C)c(COc2cccc(CSCC(=O)O)c2)c1-c1ccc(F)cc1. The van der Waals surface area contributed by atoms with Gasteiger partial charge in [0.15, 0.2) is 0 Å².